The Balaban J connectivity index is 2.35. The summed E-state index contributed by atoms with van der Waals surface area (Å²) >= 11 is 0. The zero-order valence-corrected chi connectivity index (χ0v) is 17.1. The molecule has 0 unspecified atom stereocenters. The Bertz CT molecular complexity index is 857. The lowest BCUT2D eigenvalue weighted by molar-refractivity contribution is 0.898. The van der Waals surface area contributed by atoms with Gasteiger partial charge in [0.1, 0.15) is 0 Å². The van der Waals surface area contributed by atoms with Gasteiger partial charge in [-0.1, -0.05) is 35.4 Å². The molecule has 0 fully saturated rings. The van der Waals surface area contributed by atoms with Gasteiger partial charge in [-0.3, -0.25) is 10.8 Å². The Kier molecular flexibility index (Phi) is 7.34. The molecule has 2 rings (SSSR count). The third kappa shape index (κ3) is 6.23. The lowest BCUT2D eigenvalue weighted by Gasteiger charge is -2.28. The second kappa shape index (κ2) is 9.92. The number of nitrogens with zero attached hydrogens (tertiary/aromatic N) is 4. The van der Waals surface area contributed by atoms with E-state index in [4.69, 9.17) is 33.8 Å². The third-order valence-electron chi connectivity index (χ3n) is 4.22. The highest BCUT2D eigenvalue weighted by molar-refractivity contribution is 6.03. The monoisotopic (exact) mass is 408 g/mol. The molecule has 10 nitrogen and oxygen atoms in total. The van der Waals surface area contributed by atoms with Gasteiger partial charge in [-0.25, -0.2) is 0 Å². The summed E-state index contributed by atoms with van der Waals surface area (Å²) in [7, 11) is 0. The fourth-order valence-corrected chi connectivity index (χ4v) is 2.73. The van der Waals surface area contributed by atoms with Crippen LogP contribution in [-0.4, -0.2) is 36.9 Å². The van der Waals surface area contributed by atoms with Gasteiger partial charge < -0.3 is 32.7 Å². The molecule has 0 amide bonds. The molecule has 2 aromatic rings. The van der Waals surface area contributed by atoms with Crippen LogP contribution in [0.15, 0.2) is 58.5 Å². The van der Waals surface area contributed by atoms with Gasteiger partial charge in [-0.15, -0.1) is 0 Å². The first-order valence-corrected chi connectivity index (χ1v) is 9.22. The van der Waals surface area contributed by atoms with Crippen LogP contribution < -0.4 is 32.7 Å². The molecule has 0 aliphatic rings. The van der Waals surface area contributed by atoms with E-state index in [1.807, 2.05) is 62.4 Å². The van der Waals surface area contributed by atoms with Gasteiger partial charge in [-0.2, -0.15) is 9.98 Å². The number of benzene rings is 2. The number of hydrogen-bond acceptors (Lipinski definition) is 2. The van der Waals surface area contributed by atoms with E-state index in [9.17, 15) is 0 Å². The van der Waals surface area contributed by atoms with Crippen LogP contribution >= 0.6 is 0 Å². The maximum absolute atomic E-state index is 8.30. The van der Waals surface area contributed by atoms with Gasteiger partial charge in [0.05, 0.1) is 0 Å². The van der Waals surface area contributed by atoms with Crippen LogP contribution in [-0.2, 0) is 0 Å². The highest BCUT2D eigenvalue weighted by atomic mass is 15.3. The number of hydrogen-bond donors (Lipinski definition) is 6. The van der Waals surface area contributed by atoms with Crippen LogP contribution in [0.2, 0.25) is 0 Å². The minimum absolute atomic E-state index is 0.115. The lowest BCUT2D eigenvalue weighted by Crippen LogP contribution is -2.42. The third-order valence-corrected chi connectivity index (χ3v) is 4.22. The van der Waals surface area contributed by atoms with Crippen LogP contribution in [0.1, 0.15) is 11.1 Å². The standard InChI is InChI=1S/C20H28N10/c1-13-3-7-15(8-4-13)29(19(25)27-17(21)22)11-12-30(20(26)28-18(23)24)16-9-5-14(2)6-10-16/h3-10H,11-12H2,1-2H3,(H5,21,22,25,27)(H5,23,24,26,28). The second-order valence-electron chi connectivity index (χ2n) is 6.69. The topological polar surface area (TPSA) is 183 Å². The highest BCUT2D eigenvalue weighted by Gasteiger charge is 2.18. The van der Waals surface area contributed by atoms with Crippen LogP contribution in [0.4, 0.5) is 11.4 Å². The van der Waals surface area contributed by atoms with Crippen molar-refractivity contribution < 1.29 is 0 Å². The summed E-state index contributed by atoms with van der Waals surface area (Å²) in [5, 5.41) is 16.6. The summed E-state index contributed by atoms with van der Waals surface area (Å²) < 4.78 is 0. The maximum atomic E-state index is 8.30. The van der Waals surface area contributed by atoms with Crippen molar-refractivity contribution in [2.45, 2.75) is 13.8 Å². The van der Waals surface area contributed by atoms with Crippen molar-refractivity contribution in [1.82, 2.24) is 0 Å². The van der Waals surface area contributed by atoms with E-state index in [1.54, 1.807) is 9.80 Å². The van der Waals surface area contributed by atoms with Crippen molar-refractivity contribution in [2.24, 2.45) is 32.9 Å². The fourth-order valence-electron chi connectivity index (χ4n) is 2.73. The first-order valence-electron chi connectivity index (χ1n) is 9.22. The predicted octanol–water partition coefficient (Wildman–Crippen LogP) is 1.03. The minimum atomic E-state index is -0.208. The average Bonchev–Trinajstić information content (AvgIpc) is 2.66. The average molecular weight is 409 g/mol. The summed E-state index contributed by atoms with van der Waals surface area (Å²) in [6.45, 7) is 4.56. The first-order chi connectivity index (χ1) is 14.2. The number of nitrogens with one attached hydrogen (secondary N) is 2. The Morgan fingerprint density at radius 3 is 1.23 bits per heavy atom. The predicted molar refractivity (Wildman–Crippen MR) is 124 cm³/mol. The smallest absolute Gasteiger partial charge is 0.225 e. The van der Waals surface area contributed by atoms with Crippen molar-refractivity contribution in [3.63, 3.8) is 0 Å². The lowest BCUT2D eigenvalue weighted by atomic mass is 10.2. The van der Waals surface area contributed by atoms with Crippen LogP contribution in [0, 0.1) is 24.7 Å². The molecule has 2 aromatic carbocycles. The molecule has 0 saturated heterocycles. The van der Waals surface area contributed by atoms with Crippen LogP contribution in [0.3, 0.4) is 0 Å². The van der Waals surface area contributed by atoms with E-state index in [-0.39, 0.29) is 23.8 Å². The van der Waals surface area contributed by atoms with Gasteiger partial charge in [0.2, 0.25) is 11.9 Å². The van der Waals surface area contributed by atoms with Crippen molar-refractivity contribution in [3.05, 3.63) is 59.7 Å². The molecule has 0 radical (unpaired) electrons. The molecule has 0 saturated carbocycles. The summed E-state index contributed by atoms with van der Waals surface area (Å²) in [5.41, 5.74) is 25.5. The highest BCUT2D eigenvalue weighted by Crippen LogP contribution is 2.19. The van der Waals surface area contributed by atoms with Gasteiger partial charge in [0, 0.05) is 24.5 Å². The number of aryl methyl sites for hydroxylation is 2. The SMILES string of the molecule is Cc1ccc(N(CCN(C(=N)N=C(N)N)c2ccc(C)cc2)C(=N)N=C(N)N)cc1. The molecule has 0 aliphatic carbocycles. The molecule has 0 atom stereocenters. The van der Waals surface area contributed by atoms with Crippen molar-refractivity contribution in [1.29, 1.82) is 10.8 Å². The minimum Gasteiger partial charge on any atom is -0.370 e. The molecular weight excluding hydrogens is 380 g/mol. The van der Waals surface area contributed by atoms with Gasteiger partial charge in [-0.05, 0) is 38.1 Å². The Labute approximate surface area is 175 Å². The largest absolute Gasteiger partial charge is 0.370 e. The number of rotatable bonds is 5. The van der Waals surface area contributed by atoms with Gasteiger partial charge >= 0.3 is 0 Å². The fraction of sp³-hybridized carbons (Fsp3) is 0.200. The van der Waals surface area contributed by atoms with Crippen LogP contribution in [0.5, 0.6) is 0 Å². The van der Waals surface area contributed by atoms with Crippen LogP contribution in [0.25, 0.3) is 0 Å². The van der Waals surface area contributed by atoms with E-state index in [2.05, 4.69) is 9.98 Å². The Morgan fingerprint density at radius 1 is 0.667 bits per heavy atom. The van der Waals surface area contributed by atoms with Crippen molar-refractivity contribution >= 4 is 35.2 Å². The number of aliphatic imine (C=N–C) groups is 2. The van der Waals surface area contributed by atoms with E-state index in [0.29, 0.717) is 13.1 Å². The van der Waals surface area contributed by atoms with E-state index >= 15 is 0 Å². The first kappa shape index (κ1) is 22.2. The number of nitrogens with two attached hydrogens (primary N) is 4. The second-order valence-corrected chi connectivity index (χ2v) is 6.69. The Hall–Kier alpha value is -4.08. The summed E-state index contributed by atoms with van der Waals surface area (Å²) in [6.07, 6.45) is 0. The maximum Gasteiger partial charge on any atom is 0.225 e. The normalized spacial score (nSPS) is 10.1. The van der Waals surface area contributed by atoms with Crippen molar-refractivity contribution in [2.75, 3.05) is 22.9 Å². The zero-order valence-electron chi connectivity index (χ0n) is 17.1. The molecule has 0 aromatic heterocycles. The van der Waals surface area contributed by atoms with E-state index in [0.717, 1.165) is 22.5 Å². The molecule has 158 valence electrons. The molecule has 0 spiro atoms. The molecule has 0 heterocycles. The summed E-state index contributed by atoms with van der Waals surface area (Å²) in [4.78, 5) is 11.0. The summed E-state index contributed by atoms with van der Waals surface area (Å²) in [5.74, 6) is -0.645. The molecule has 30 heavy (non-hydrogen) atoms. The van der Waals surface area contributed by atoms with E-state index in [1.165, 1.54) is 0 Å². The number of guanidine groups is 4. The van der Waals surface area contributed by atoms with Gasteiger partial charge in [0.25, 0.3) is 0 Å². The molecule has 0 bridgehead atoms. The van der Waals surface area contributed by atoms with Crippen molar-refractivity contribution in [3.8, 4) is 0 Å². The zero-order chi connectivity index (χ0) is 22.3. The summed E-state index contributed by atoms with van der Waals surface area (Å²) in [6, 6.07) is 15.3. The van der Waals surface area contributed by atoms with E-state index < -0.39 is 0 Å². The molecular formula is C20H28N10. The molecule has 0 aliphatic heterocycles. The van der Waals surface area contributed by atoms with Gasteiger partial charge in [0.15, 0.2) is 11.9 Å². The Morgan fingerprint density at radius 2 is 0.967 bits per heavy atom. The number of anilines is 2. The molecule has 10 heteroatoms. The quantitative estimate of drug-likeness (QED) is 0.317. The molecule has 10 N–H and O–H groups in total.